The molecule has 4 aliphatic rings. The molecule has 1 aliphatic carbocycles. The van der Waals surface area contributed by atoms with Gasteiger partial charge in [-0.05, 0) is 59.7 Å². The minimum absolute atomic E-state index is 0.754. The van der Waals surface area contributed by atoms with Crippen molar-refractivity contribution < 1.29 is 14.2 Å². The van der Waals surface area contributed by atoms with Crippen molar-refractivity contribution in [2.75, 3.05) is 62.4 Å². The topological polar surface area (TPSA) is 51.5 Å². The fourth-order valence-electron chi connectivity index (χ4n) is 7.16. The van der Waals surface area contributed by atoms with Crippen LogP contribution < -0.4 is 14.5 Å². The molecular weight excluding hydrogens is 512 g/mol. The number of anilines is 2. The Kier molecular flexibility index (Phi) is 5.04. The molecule has 0 N–H and O–H groups in total. The number of benzene rings is 3. The zero-order chi connectivity index (χ0) is 27.0. The second kappa shape index (κ2) is 8.83. The largest absolute Gasteiger partial charge is 0.471 e. The highest BCUT2D eigenvalue weighted by Crippen LogP contribution is 2.59. The van der Waals surface area contributed by atoms with Gasteiger partial charge in [0.25, 0.3) is 0 Å². The molecule has 5 aromatic rings. The molecule has 0 amide bonds. The van der Waals surface area contributed by atoms with Crippen LogP contribution >= 0.6 is 0 Å². The first-order chi connectivity index (χ1) is 20.3. The summed E-state index contributed by atoms with van der Waals surface area (Å²) in [4.78, 5) is 10.0. The Bertz CT molecular complexity index is 1750. The molecule has 0 atom stereocenters. The zero-order valence-corrected chi connectivity index (χ0v) is 22.8. The number of ether oxygens (including phenoxy) is 3. The summed E-state index contributed by atoms with van der Waals surface area (Å²) in [6, 6.07) is 28.3. The Morgan fingerprint density at radius 2 is 1.24 bits per heavy atom. The lowest BCUT2D eigenvalue weighted by Gasteiger charge is -2.37. The van der Waals surface area contributed by atoms with Crippen molar-refractivity contribution in [1.82, 2.24) is 9.38 Å². The van der Waals surface area contributed by atoms with Crippen LogP contribution in [0.1, 0.15) is 16.8 Å². The van der Waals surface area contributed by atoms with Gasteiger partial charge in [0, 0.05) is 60.4 Å². The second-order valence-corrected chi connectivity index (χ2v) is 11.2. The number of imidazole rings is 1. The van der Waals surface area contributed by atoms with Crippen LogP contribution in [0, 0.1) is 0 Å². The second-order valence-electron chi connectivity index (χ2n) is 11.2. The number of hydrogen-bond acceptors (Lipinski definition) is 6. The Balaban J connectivity index is 1.33. The molecule has 0 bridgehead atoms. The summed E-state index contributed by atoms with van der Waals surface area (Å²) < 4.78 is 20.8. The third-order valence-electron chi connectivity index (χ3n) is 9.08. The highest BCUT2D eigenvalue weighted by molar-refractivity contribution is 5.90. The van der Waals surface area contributed by atoms with E-state index in [1.54, 1.807) is 0 Å². The highest BCUT2D eigenvalue weighted by atomic mass is 16.5. The molecule has 0 radical (unpaired) electrons. The number of para-hydroxylation sites is 1. The van der Waals surface area contributed by atoms with E-state index in [4.69, 9.17) is 19.2 Å². The molecular formula is C34H30N4O3. The fraction of sp³-hybridized carbons (Fsp3) is 0.265. The standard InChI is InChI=1S/C34H30N4O3/c1-2-6-30-25(5-1)32-33(38-12-4-3-7-31(38)35-32)34(41-30)28-10-8-23(36-13-17-39-18-14-36)21-26(28)27-22-24(9-11-29(27)34)37-15-19-40-20-16-37/h1-12,21-22H,13-20H2. The number of fused-ring (bicyclic) bond motifs is 11. The SMILES string of the molecule is c1ccc2c(c1)OC1(c3ccc(N4CCOCC4)cc3-c3cc(N4CCOCC4)ccc31)c1c-2nc2ccccn12. The summed E-state index contributed by atoms with van der Waals surface area (Å²) in [5.74, 6) is 0.858. The Labute approximate surface area is 238 Å². The van der Waals surface area contributed by atoms with Crippen molar-refractivity contribution in [1.29, 1.82) is 0 Å². The van der Waals surface area contributed by atoms with E-state index < -0.39 is 5.60 Å². The molecule has 3 aliphatic heterocycles. The van der Waals surface area contributed by atoms with E-state index in [0.717, 1.165) is 92.1 Å². The smallest absolute Gasteiger partial charge is 0.203 e. The van der Waals surface area contributed by atoms with Crippen molar-refractivity contribution >= 4 is 17.0 Å². The molecule has 2 saturated heterocycles. The molecule has 0 saturated carbocycles. The maximum atomic E-state index is 7.27. The molecule has 3 aromatic carbocycles. The minimum Gasteiger partial charge on any atom is -0.471 e. The van der Waals surface area contributed by atoms with Gasteiger partial charge in [-0.1, -0.05) is 30.3 Å². The first-order valence-corrected chi connectivity index (χ1v) is 14.5. The van der Waals surface area contributed by atoms with Crippen molar-refractivity contribution in [2.24, 2.45) is 0 Å². The van der Waals surface area contributed by atoms with Crippen LogP contribution in [0.2, 0.25) is 0 Å². The van der Waals surface area contributed by atoms with Crippen LogP contribution in [0.25, 0.3) is 28.0 Å². The van der Waals surface area contributed by atoms with Gasteiger partial charge in [-0.3, -0.25) is 4.40 Å². The van der Waals surface area contributed by atoms with E-state index in [-0.39, 0.29) is 0 Å². The maximum Gasteiger partial charge on any atom is 0.203 e. The molecule has 5 heterocycles. The average Bonchev–Trinajstić information content (AvgIpc) is 3.56. The van der Waals surface area contributed by atoms with E-state index in [1.165, 1.54) is 22.5 Å². The third-order valence-corrected chi connectivity index (χ3v) is 9.08. The molecule has 204 valence electrons. The number of rotatable bonds is 2. The lowest BCUT2D eigenvalue weighted by molar-refractivity contribution is 0.122. The molecule has 7 heteroatoms. The average molecular weight is 543 g/mol. The van der Waals surface area contributed by atoms with Crippen molar-refractivity contribution in [3.05, 3.63) is 102 Å². The van der Waals surface area contributed by atoms with Crippen LogP contribution in [0.3, 0.4) is 0 Å². The number of aromatic nitrogens is 2. The van der Waals surface area contributed by atoms with Gasteiger partial charge in [0.2, 0.25) is 5.60 Å². The summed E-state index contributed by atoms with van der Waals surface area (Å²) >= 11 is 0. The normalized spacial score (nSPS) is 18.5. The fourth-order valence-corrected chi connectivity index (χ4v) is 7.16. The van der Waals surface area contributed by atoms with Gasteiger partial charge in [-0.25, -0.2) is 4.98 Å². The van der Waals surface area contributed by atoms with Gasteiger partial charge >= 0.3 is 0 Å². The molecule has 1 spiro atoms. The summed E-state index contributed by atoms with van der Waals surface area (Å²) in [6.07, 6.45) is 2.11. The first-order valence-electron chi connectivity index (χ1n) is 14.5. The quantitative estimate of drug-likeness (QED) is 0.300. The predicted molar refractivity (Wildman–Crippen MR) is 159 cm³/mol. The summed E-state index contributed by atoms with van der Waals surface area (Å²) in [5, 5.41) is 0. The van der Waals surface area contributed by atoms with Gasteiger partial charge in [0.05, 0.1) is 26.4 Å². The lowest BCUT2D eigenvalue weighted by atomic mass is 9.83. The van der Waals surface area contributed by atoms with Gasteiger partial charge in [-0.2, -0.15) is 0 Å². The number of hydrogen-bond donors (Lipinski definition) is 0. The predicted octanol–water partition coefficient (Wildman–Crippen LogP) is 5.34. The Morgan fingerprint density at radius 3 is 1.90 bits per heavy atom. The number of pyridine rings is 1. The van der Waals surface area contributed by atoms with Crippen molar-refractivity contribution in [3.8, 4) is 28.1 Å². The van der Waals surface area contributed by atoms with Crippen LogP contribution in [-0.4, -0.2) is 62.0 Å². The molecule has 0 unspecified atom stereocenters. The van der Waals surface area contributed by atoms with Crippen LogP contribution in [0.15, 0.2) is 85.1 Å². The zero-order valence-electron chi connectivity index (χ0n) is 22.8. The van der Waals surface area contributed by atoms with Gasteiger partial charge in [-0.15, -0.1) is 0 Å². The Hall–Kier alpha value is -4.33. The number of nitrogens with zero attached hydrogens (tertiary/aromatic N) is 4. The monoisotopic (exact) mass is 542 g/mol. The first kappa shape index (κ1) is 23.4. The molecule has 41 heavy (non-hydrogen) atoms. The third kappa shape index (κ3) is 3.30. The van der Waals surface area contributed by atoms with Gasteiger partial charge in [0.15, 0.2) is 0 Å². The molecule has 7 nitrogen and oxygen atoms in total. The van der Waals surface area contributed by atoms with E-state index >= 15 is 0 Å². The Morgan fingerprint density at radius 1 is 0.634 bits per heavy atom. The van der Waals surface area contributed by atoms with E-state index in [1.807, 2.05) is 12.1 Å². The number of morpholine rings is 2. The van der Waals surface area contributed by atoms with Crippen LogP contribution in [0.4, 0.5) is 11.4 Å². The van der Waals surface area contributed by atoms with E-state index in [9.17, 15) is 0 Å². The van der Waals surface area contributed by atoms with E-state index in [2.05, 4.69) is 87.1 Å². The van der Waals surface area contributed by atoms with Crippen molar-refractivity contribution in [2.45, 2.75) is 5.60 Å². The molecule has 9 rings (SSSR count). The van der Waals surface area contributed by atoms with Crippen LogP contribution in [0.5, 0.6) is 5.75 Å². The van der Waals surface area contributed by atoms with Crippen LogP contribution in [-0.2, 0) is 15.1 Å². The summed E-state index contributed by atoms with van der Waals surface area (Å²) in [7, 11) is 0. The lowest BCUT2D eigenvalue weighted by Crippen LogP contribution is -2.38. The highest BCUT2D eigenvalue weighted by Gasteiger charge is 2.53. The van der Waals surface area contributed by atoms with Gasteiger partial charge in [0.1, 0.15) is 22.8 Å². The maximum absolute atomic E-state index is 7.27. The van der Waals surface area contributed by atoms with E-state index in [0.29, 0.717) is 0 Å². The molecule has 2 aromatic heterocycles. The van der Waals surface area contributed by atoms with Crippen molar-refractivity contribution in [3.63, 3.8) is 0 Å². The van der Waals surface area contributed by atoms with Gasteiger partial charge < -0.3 is 24.0 Å². The summed E-state index contributed by atoms with van der Waals surface area (Å²) in [5.41, 5.74) is 10.4. The molecule has 2 fully saturated rings. The summed E-state index contributed by atoms with van der Waals surface area (Å²) in [6.45, 7) is 6.59. The minimum atomic E-state index is -0.831.